The summed E-state index contributed by atoms with van der Waals surface area (Å²) in [6, 6.07) is 27.8. The lowest BCUT2D eigenvalue weighted by Crippen LogP contribution is -2.30. The third-order valence-electron chi connectivity index (χ3n) is 20.2. The molecule has 32 heteroatoms. The number of benzene rings is 5. The average molecular weight is 1740 g/mol. The van der Waals surface area contributed by atoms with Crippen molar-refractivity contribution in [2.75, 3.05) is 62.0 Å². The maximum absolute atomic E-state index is 12.7. The van der Waals surface area contributed by atoms with Crippen LogP contribution >= 0.6 is 24.8 Å². The van der Waals surface area contributed by atoms with Crippen molar-refractivity contribution >= 4 is 71.3 Å². The van der Waals surface area contributed by atoms with E-state index in [9.17, 15) is 85.0 Å². The Morgan fingerprint density at radius 3 is 0.771 bits per heavy atom. The smallest absolute Gasteiger partial charge is 0.416 e. The van der Waals surface area contributed by atoms with E-state index in [1.165, 1.54) is 60.7 Å². The van der Waals surface area contributed by atoms with Crippen LogP contribution in [0.15, 0.2) is 121 Å². The molecule has 0 unspecified atom stereocenters. The molecule has 0 spiro atoms. The van der Waals surface area contributed by atoms with Gasteiger partial charge in [-0.1, -0.05) is 19.1 Å². The third-order valence-corrected chi connectivity index (χ3v) is 20.2. The number of hydrogen-bond acceptors (Lipinski definition) is 15. The second-order valence-electron chi connectivity index (χ2n) is 32.8. The molecule has 10 rings (SSSR count). The molecule has 5 aliphatic rings. The third kappa shape index (κ3) is 39.5. The van der Waals surface area contributed by atoms with E-state index < -0.39 is 75.5 Å². The molecule has 9 atom stereocenters. The number of ketones is 1. The predicted molar refractivity (Wildman–Crippen MR) is 438 cm³/mol. The summed E-state index contributed by atoms with van der Waals surface area (Å²) in [7, 11) is 9.60. The Bertz CT molecular complexity index is 3540. The highest BCUT2D eigenvalue weighted by molar-refractivity contribution is 5.85. The minimum absolute atomic E-state index is 0. The van der Waals surface area contributed by atoms with Crippen LogP contribution in [0.5, 0.6) is 0 Å². The number of hydrogen-bond donors (Lipinski definition) is 4. The number of aryl methyl sites for hydroxylation is 1. The number of anilines is 4. The first-order valence-electron chi connectivity index (χ1n) is 38.9. The Morgan fingerprint density at radius 2 is 0.576 bits per heavy atom. The molecule has 0 bridgehead atoms. The SMILES string of the molecule is CC(C)(C)OC(=O)C[C@@H]1CCC(=O)C1.CCc1ccc(C(F)(F)F)cc1.CN(c1ccc(C(F)(F)F)cc1)[C@@H]1CC[C@@H](CC(=O)OC(C)(C)C)C1.CN(c1ccc(C(F)(F)F)cc1)[C@@H]1CC[C@@H](N)C1.CN(c1ccc(C(F)(F)F)cc1)[C@H]1CC[C@@H](CC(=O)OC(C)(C)C)C1.CN(c1ccc(C(F)(F)F)cc1)[C@H]1CC[C@@H](N)C1.CO.CO.Cl.Cl. The molecule has 5 saturated carbocycles. The summed E-state index contributed by atoms with van der Waals surface area (Å²) in [6.07, 6.45) is -6.27. The summed E-state index contributed by atoms with van der Waals surface area (Å²) in [5, 5.41) is 14.0. The van der Waals surface area contributed by atoms with Crippen molar-refractivity contribution in [2.24, 2.45) is 29.2 Å². The van der Waals surface area contributed by atoms with E-state index in [4.69, 9.17) is 35.9 Å². The van der Waals surface area contributed by atoms with Gasteiger partial charge in [0.15, 0.2) is 0 Å². The zero-order chi connectivity index (χ0) is 88.3. The fraction of sp³-hybridized carbons (Fsp3) is 0.605. The molecule has 5 fully saturated rings. The molecule has 0 saturated heterocycles. The fourth-order valence-electron chi connectivity index (χ4n) is 14.1. The highest BCUT2D eigenvalue weighted by Gasteiger charge is 2.38. The predicted octanol–water partition coefficient (Wildman–Crippen LogP) is 21.5. The van der Waals surface area contributed by atoms with Gasteiger partial charge in [0.2, 0.25) is 0 Å². The van der Waals surface area contributed by atoms with Crippen molar-refractivity contribution < 1.29 is 109 Å². The number of halogens is 17. The zero-order valence-electron chi connectivity index (χ0n) is 70.4. The average Bonchev–Trinajstić information content (AvgIpc) is 1.71. The van der Waals surface area contributed by atoms with Crippen LogP contribution in [0, 0.1) is 17.8 Å². The standard InChI is InChI=1S/2C19H26F3NO2.2C13H17F3N2.C11H18O3.C9H9F3.2CH4O.2ClH/c2*1-18(2,3)25-17(24)12-13-5-8-16(11-13)23(4)15-9-6-14(7-10-15)19(20,21)22;2*1-18(12-7-4-10(17)8-12)11-5-2-9(3-6-11)13(14,15)16;1-11(2,3)14-10(13)7-8-4-5-9(12)6-8;1-2-7-3-5-8(6-4-7)9(10,11)12;2*1-2;;/h2*6-7,9-10,13,16H,5,8,11-12H2,1-4H3;2*2-3,5-6,10,12H,4,7-8,17H2,1H3;8H,4-7H2,1-3H3;3-6H,2H2,1H3;2*2H,1H3;2*1H/t13-,16+;13-,16-;10-,12+;10-,12-;8-;;;;;/m11111...../s1. The second-order valence-corrected chi connectivity index (χ2v) is 32.8. The second kappa shape index (κ2) is 48.4. The molecule has 670 valence electrons. The number of carbonyl (C=O) groups excluding carboxylic acids is 4. The van der Waals surface area contributed by atoms with Gasteiger partial charge in [-0.15, -0.1) is 24.8 Å². The van der Waals surface area contributed by atoms with Gasteiger partial charge in [-0.2, -0.15) is 65.9 Å². The monoisotopic (exact) mass is 1740 g/mol. The number of nitrogens with zero attached hydrogens (tertiary/aromatic N) is 4. The number of carbonyl (C=O) groups is 4. The first kappa shape index (κ1) is 109. The first-order valence-corrected chi connectivity index (χ1v) is 38.9. The van der Waals surface area contributed by atoms with E-state index in [2.05, 4.69) is 0 Å². The van der Waals surface area contributed by atoms with Crippen molar-refractivity contribution in [1.29, 1.82) is 0 Å². The highest BCUT2D eigenvalue weighted by atomic mass is 35.5. The summed E-state index contributed by atoms with van der Waals surface area (Å²) >= 11 is 0. The van der Waals surface area contributed by atoms with E-state index in [-0.39, 0.29) is 90.4 Å². The number of alkyl halides is 15. The Balaban J connectivity index is 0.000000710. The van der Waals surface area contributed by atoms with Crippen LogP contribution in [0.1, 0.15) is 218 Å². The summed E-state index contributed by atoms with van der Waals surface area (Å²) in [6.45, 7) is 18.5. The highest BCUT2D eigenvalue weighted by Crippen LogP contribution is 2.40. The normalized spacial score (nSPS) is 20.4. The van der Waals surface area contributed by atoms with Gasteiger partial charge < -0.3 is 55.5 Å². The van der Waals surface area contributed by atoms with Crippen molar-refractivity contribution in [1.82, 2.24) is 0 Å². The molecule has 15 nitrogen and oxygen atoms in total. The lowest BCUT2D eigenvalue weighted by atomic mass is 10.0. The largest absolute Gasteiger partial charge is 0.460 e. The van der Waals surface area contributed by atoms with Gasteiger partial charge in [-0.25, -0.2) is 0 Å². The van der Waals surface area contributed by atoms with Gasteiger partial charge in [-0.05, 0) is 285 Å². The minimum Gasteiger partial charge on any atom is -0.460 e. The van der Waals surface area contributed by atoms with Crippen LogP contribution in [-0.4, -0.2) is 129 Å². The van der Waals surface area contributed by atoms with Crippen LogP contribution < -0.4 is 31.1 Å². The van der Waals surface area contributed by atoms with Crippen LogP contribution in [0.4, 0.5) is 88.6 Å². The summed E-state index contributed by atoms with van der Waals surface area (Å²) in [5.41, 5.74) is 11.3. The molecule has 0 amide bonds. The number of rotatable bonds is 15. The quantitative estimate of drug-likeness (QED) is 0.0438. The summed E-state index contributed by atoms with van der Waals surface area (Å²) in [4.78, 5) is 54.3. The van der Waals surface area contributed by atoms with Crippen molar-refractivity contribution in [3.05, 3.63) is 155 Å². The van der Waals surface area contributed by atoms with Gasteiger partial charge in [0.05, 0.1) is 27.8 Å². The fourth-order valence-corrected chi connectivity index (χ4v) is 14.1. The Labute approximate surface area is 698 Å². The van der Waals surface area contributed by atoms with E-state index >= 15 is 0 Å². The van der Waals surface area contributed by atoms with Crippen LogP contribution in [0.2, 0.25) is 0 Å². The Morgan fingerprint density at radius 1 is 0.356 bits per heavy atom. The van der Waals surface area contributed by atoms with E-state index in [0.29, 0.717) is 44.2 Å². The van der Waals surface area contributed by atoms with Crippen LogP contribution in [0.25, 0.3) is 0 Å². The van der Waals surface area contributed by atoms with Crippen molar-refractivity contribution in [3.8, 4) is 0 Å². The molecule has 0 aliphatic heterocycles. The minimum atomic E-state index is -4.32. The van der Waals surface area contributed by atoms with Gasteiger partial charge in [0.1, 0.15) is 22.6 Å². The molecule has 5 aliphatic carbocycles. The Hall–Kier alpha value is -7.25. The Kier molecular flexibility index (Phi) is 44.6. The van der Waals surface area contributed by atoms with Gasteiger partial charge in [-0.3, -0.25) is 19.2 Å². The van der Waals surface area contributed by atoms with Gasteiger partial charge in [0.25, 0.3) is 0 Å². The van der Waals surface area contributed by atoms with E-state index in [1.54, 1.807) is 0 Å². The van der Waals surface area contributed by atoms with E-state index in [1.807, 2.05) is 117 Å². The molecule has 0 aromatic heterocycles. The molecule has 5 aromatic rings. The molecule has 6 N–H and O–H groups in total. The van der Waals surface area contributed by atoms with Crippen molar-refractivity contribution in [3.63, 3.8) is 0 Å². The lowest BCUT2D eigenvalue weighted by Gasteiger charge is -2.27. The number of Topliss-reactive ketones (excluding diaryl/α,β-unsaturated/α-hetero) is 1. The van der Waals surface area contributed by atoms with Crippen molar-refractivity contribution in [2.45, 2.75) is 275 Å². The molecule has 118 heavy (non-hydrogen) atoms. The lowest BCUT2D eigenvalue weighted by molar-refractivity contribution is -0.157. The van der Waals surface area contributed by atoms with Crippen LogP contribution in [0.3, 0.4) is 0 Å². The van der Waals surface area contributed by atoms with Gasteiger partial charge in [0, 0.05) is 134 Å². The first-order chi connectivity index (χ1) is 53.6. The molecule has 0 heterocycles. The summed E-state index contributed by atoms with van der Waals surface area (Å²) < 4.78 is 203. The van der Waals surface area contributed by atoms with Gasteiger partial charge >= 0.3 is 48.8 Å². The molecular weight excluding hydrogens is 1620 g/mol. The number of aliphatic hydroxyl groups excluding tert-OH is 2. The maximum atomic E-state index is 12.7. The number of ether oxygens (including phenoxy) is 3. The van der Waals surface area contributed by atoms with E-state index in [0.717, 1.165) is 193 Å². The molecule has 5 aromatic carbocycles. The van der Waals surface area contributed by atoms with Crippen LogP contribution in [-0.2, 0) is 70.7 Å². The number of nitrogens with two attached hydrogens (primary N) is 2. The summed E-state index contributed by atoms with van der Waals surface area (Å²) in [5.74, 6) is 0.465. The zero-order valence-corrected chi connectivity index (χ0v) is 72.0. The number of esters is 3. The topological polar surface area (TPSA) is 201 Å². The number of aliphatic hydroxyl groups is 2. The molecule has 0 radical (unpaired) electrons. The molecular formula is C86H123Cl2F15N6O9. The maximum Gasteiger partial charge on any atom is 0.416 e.